The molecule has 10 nitrogen and oxygen atoms in total. The lowest BCUT2D eigenvalue weighted by Crippen LogP contribution is -2.42. The van der Waals surface area contributed by atoms with E-state index in [9.17, 15) is 4.79 Å². The van der Waals surface area contributed by atoms with Crippen molar-refractivity contribution < 1.29 is 19.0 Å². The predicted octanol–water partition coefficient (Wildman–Crippen LogP) is 1.77. The Morgan fingerprint density at radius 2 is 2.26 bits per heavy atom. The molecule has 1 aromatic carbocycles. The number of methoxy groups -OCH3 is 1. The maximum atomic E-state index is 12.7. The van der Waals surface area contributed by atoms with Crippen LogP contribution >= 0.6 is 0 Å². The number of fused-ring (bicyclic) bond motifs is 3. The zero-order chi connectivity index (χ0) is 24.1. The average Bonchev–Trinajstić information content (AvgIpc) is 3.33. The molecule has 2 aliphatic rings. The lowest BCUT2D eigenvalue weighted by atomic mass is 10.2. The largest absolute Gasteiger partial charge is 0.491 e. The summed E-state index contributed by atoms with van der Waals surface area (Å²) in [5.74, 6) is 1.52. The van der Waals surface area contributed by atoms with Crippen LogP contribution in [0.2, 0.25) is 0 Å². The number of aliphatic imine (C=N–C) groups is 1. The van der Waals surface area contributed by atoms with E-state index in [0.717, 1.165) is 24.3 Å². The summed E-state index contributed by atoms with van der Waals surface area (Å²) in [6, 6.07) is 3.83. The van der Waals surface area contributed by atoms with E-state index in [1.165, 1.54) is 6.20 Å². The Labute approximate surface area is 198 Å². The maximum absolute atomic E-state index is 12.7. The Hall–Kier alpha value is -3.50. The third-order valence-corrected chi connectivity index (χ3v) is 5.75. The van der Waals surface area contributed by atoms with Gasteiger partial charge in [-0.3, -0.25) is 14.4 Å². The highest BCUT2D eigenvalue weighted by molar-refractivity contribution is 5.96. The number of nitrogens with one attached hydrogen (secondary N) is 1. The molecule has 1 unspecified atom stereocenters. The molecule has 0 bridgehead atoms. The van der Waals surface area contributed by atoms with Gasteiger partial charge in [0, 0.05) is 43.3 Å². The number of likely N-dealkylation sites (N-methyl/N-ethyl adjacent to an activating group) is 1. The molecule has 0 spiro atoms. The number of allylic oxidation sites excluding steroid dienone is 2. The van der Waals surface area contributed by atoms with Gasteiger partial charge in [-0.15, -0.1) is 0 Å². The molecule has 180 valence electrons. The first-order valence-corrected chi connectivity index (χ1v) is 11.2. The van der Waals surface area contributed by atoms with Crippen molar-refractivity contribution in [3.63, 3.8) is 0 Å². The standard InChI is InChI=1S/C24H30N6O4/c1-16(6-5-9-25-2)23(31)28-24-27-20-18(22-26-10-11-30(22)24)7-8-19(21(20)32-4)34-15-17-14-29(3)12-13-33-17/h5-9,17,26H,2,10-15H2,1,3-4H3. The number of benzene rings is 1. The van der Waals surface area contributed by atoms with Crippen LogP contribution in [0.1, 0.15) is 6.92 Å². The van der Waals surface area contributed by atoms with E-state index in [0.29, 0.717) is 54.5 Å². The van der Waals surface area contributed by atoms with Crippen LogP contribution in [0.15, 0.2) is 46.0 Å². The van der Waals surface area contributed by atoms with Crippen molar-refractivity contribution in [1.82, 2.24) is 14.5 Å². The van der Waals surface area contributed by atoms with E-state index in [4.69, 9.17) is 19.2 Å². The van der Waals surface area contributed by atoms with Crippen LogP contribution in [0.5, 0.6) is 11.5 Å². The summed E-state index contributed by atoms with van der Waals surface area (Å²) in [7, 11) is 3.65. The summed E-state index contributed by atoms with van der Waals surface area (Å²) in [6.07, 6.45) is 4.77. The van der Waals surface area contributed by atoms with Gasteiger partial charge in [0.15, 0.2) is 11.5 Å². The molecule has 1 aromatic heterocycles. The van der Waals surface area contributed by atoms with Crippen molar-refractivity contribution in [2.24, 2.45) is 9.98 Å². The van der Waals surface area contributed by atoms with Gasteiger partial charge in [-0.1, -0.05) is 6.08 Å². The molecular formula is C24H30N6O4. The van der Waals surface area contributed by atoms with Crippen molar-refractivity contribution in [1.29, 1.82) is 0 Å². The summed E-state index contributed by atoms with van der Waals surface area (Å²) >= 11 is 0. The highest BCUT2D eigenvalue weighted by Crippen LogP contribution is 2.37. The number of amides is 1. The lowest BCUT2D eigenvalue weighted by Gasteiger charge is -2.30. The van der Waals surface area contributed by atoms with Gasteiger partial charge in [-0.25, -0.2) is 4.98 Å². The van der Waals surface area contributed by atoms with Gasteiger partial charge in [0.25, 0.3) is 5.91 Å². The molecule has 1 N–H and O–H groups in total. The van der Waals surface area contributed by atoms with Crippen LogP contribution < -0.4 is 20.4 Å². The van der Waals surface area contributed by atoms with Gasteiger partial charge in [-0.2, -0.15) is 4.99 Å². The minimum atomic E-state index is -0.382. The second-order valence-electron chi connectivity index (χ2n) is 8.19. The number of hydrogen-bond acceptors (Lipinski definition) is 8. The molecular weight excluding hydrogens is 436 g/mol. The molecule has 1 fully saturated rings. The molecule has 0 saturated carbocycles. The number of carbonyl (C=O) groups is 1. The van der Waals surface area contributed by atoms with Crippen molar-refractivity contribution in [3.05, 3.63) is 41.7 Å². The Kier molecular flexibility index (Phi) is 7.39. The van der Waals surface area contributed by atoms with E-state index in [-0.39, 0.29) is 12.0 Å². The summed E-state index contributed by atoms with van der Waals surface area (Å²) in [5.41, 5.74) is 1.35. The summed E-state index contributed by atoms with van der Waals surface area (Å²) < 4.78 is 19.5. The second-order valence-corrected chi connectivity index (χ2v) is 8.19. The predicted molar refractivity (Wildman–Crippen MR) is 131 cm³/mol. The average molecular weight is 467 g/mol. The van der Waals surface area contributed by atoms with Crippen LogP contribution in [0, 0.1) is 0 Å². The minimum absolute atomic E-state index is 0.0207. The summed E-state index contributed by atoms with van der Waals surface area (Å²) in [6.45, 7) is 9.24. The van der Waals surface area contributed by atoms with E-state index in [1.807, 2.05) is 16.7 Å². The Morgan fingerprint density at radius 1 is 1.41 bits per heavy atom. The Morgan fingerprint density at radius 3 is 3.03 bits per heavy atom. The number of hydrogen-bond donors (Lipinski definition) is 1. The molecule has 4 rings (SSSR count). The molecule has 3 heterocycles. The summed E-state index contributed by atoms with van der Waals surface area (Å²) in [5, 5.41) is 4.24. The molecule has 1 amide bonds. The van der Waals surface area contributed by atoms with E-state index < -0.39 is 0 Å². The third-order valence-electron chi connectivity index (χ3n) is 5.75. The topological polar surface area (TPSA) is 103 Å². The van der Waals surface area contributed by atoms with Crippen molar-refractivity contribution >= 4 is 29.3 Å². The van der Waals surface area contributed by atoms with Gasteiger partial charge in [-0.05, 0) is 38.9 Å². The van der Waals surface area contributed by atoms with Crippen LogP contribution in [-0.2, 0) is 16.1 Å². The monoisotopic (exact) mass is 466 g/mol. The fourth-order valence-electron chi connectivity index (χ4n) is 3.99. The van der Waals surface area contributed by atoms with Crippen LogP contribution in [0.4, 0.5) is 5.82 Å². The van der Waals surface area contributed by atoms with Crippen LogP contribution in [-0.4, -0.2) is 80.2 Å². The van der Waals surface area contributed by atoms with E-state index in [2.05, 4.69) is 34.0 Å². The summed E-state index contributed by atoms with van der Waals surface area (Å²) in [4.78, 5) is 27.6. The fraction of sp³-hybridized carbons (Fsp3) is 0.417. The zero-order valence-electron chi connectivity index (χ0n) is 19.8. The van der Waals surface area contributed by atoms with Gasteiger partial charge in [0.1, 0.15) is 24.0 Å². The maximum Gasteiger partial charge on any atom is 0.275 e. The first-order chi connectivity index (χ1) is 16.5. The molecule has 1 atom stereocenters. The number of aromatic nitrogens is 2. The Balaban J connectivity index is 1.72. The molecule has 0 radical (unpaired) electrons. The SMILES string of the molecule is C=NC=CC=C(C)C(=O)N=c1nc2c(OC)c(OCC3CN(C)CCO3)ccc2c2n1CCN2. The highest BCUT2D eigenvalue weighted by atomic mass is 16.5. The lowest BCUT2D eigenvalue weighted by molar-refractivity contribution is -0.114. The van der Waals surface area contributed by atoms with Crippen LogP contribution in [0.3, 0.4) is 0 Å². The molecule has 2 aliphatic heterocycles. The van der Waals surface area contributed by atoms with Gasteiger partial charge in [0.2, 0.25) is 5.62 Å². The molecule has 0 aliphatic carbocycles. The fourth-order valence-corrected chi connectivity index (χ4v) is 3.99. The first kappa shape index (κ1) is 23.7. The molecule has 10 heteroatoms. The van der Waals surface area contributed by atoms with E-state index in [1.54, 1.807) is 26.2 Å². The Bertz CT molecular complexity index is 1220. The zero-order valence-corrected chi connectivity index (χ0v) is 19.8. The minimum Gasteiger partial charge on any atom is -0.491 e. The highest BCUT2D eigenvalue weighted by Gasteiger charge is 2.23. The van der Waals surface area contributed by atoms with Crippen molar-refractivity contribution in [2.75, 3.05) is 52.3 Å². The normalized spacial score (nSPS) is 19.3. The smallest absolute Gasteiger partial charge is 0.275 e. The number of morpholine rings is 1. The molecule has 34 heavy (non-hydrogen) atoms. The van der Waals surface area contributed by atoms with Crippen LogP contribution in [0.25, 0.3) is 10.9 Å². The number of ether oxygens (including phenoxy) is 3. The van der Waals surface area contributed by atoms with Crippen molar-refractivity contribution in [2.45, 2.75) is 19.6 Å². The van der Waals surface area contributed by atoms with E-state index >= 15 is 0 Å². The second kappa shape index (κ2) is 10.6. The first-order valence-electron chi connectivity index (χ1n) is 11.2. The number of anilines is 1. The number of rotatable bonds is 7. The van der Waals surface area contributed by atoms with Gasteiger partial charge >= 0.3 is 0 Å². The number of nitrogens with zero attached hydrogens (tertiary/aromatic N) is 5. The third kappa shape index (κ3) is 5.02. The molecule has 1 saturated heterocycles. The quantitative estimate of drug-likeness (QED) is 0.377. The molecule has 2 aromatic rings. The number of carbonyl (C=O) groups excluding carboxylic acids is 1. The van der Waals surface area contributed by atoms with Crippen molar-refractivity contribution in [3.8, 4) is 11.5 Å². The van der Waals surface area contributed by atoms with Gasteiger partial charge in [0.05, 0.1) is 13.7 Å². The van der Waals surface area contributed by atoms with Gasteiger partial charge < -0.3 is 24.4 Å².